The molecule has 0 aliphatic heterocycles. The summed E-state index contributed by atoms with van der Waals surface area (Å²) in [4.78, 5) is 14.4. The molecule has 0 radical (unpaired) electrons. The van der Waals surface area contributed by atoms with E-state index in [-0.39, 0.29) is 6.01 Å². The highest BCUT2D eigenvalue weighted by Crippen LogP contribution is 2.24. The molecular weight excluding hydrogens is 258 g/mol. The fourth-order valence-corrected chi connectivity index (χ4v) is 1.62. The van der Waals surface area contributed by atoms with Crippen LogP contribution in [0.1, 0.15) is 0 Å². The molecule has 0 bridgehead atoms. The highest BCUT2D eigenvalue weighted by molar-refractivity contribution is 5.58. The lowest BCUT2D eigenvalue weighted by Crippen LogP contribution is -2.15. The Morgan fingerprint density at radius 3 is 2.25 bits per heavy atom. The third kappa shape index (κ3) is 2.87. The monoisotopic (exact) mass is 275 g/mol. The van der Waals surface area contributed by atoms with Crippen LogP contribution in [0.3, 0.4) is 0 Å². The van der Waals surface area contributed by atoms with E-state index in [9.17, 15) is 0 Å². The van der Waals surface area contributed by atoms with E-state index in [4.69, 9.17) is 9.47 Å². The van der Waals surface area contributed by atoms with Crippen molar-refractivity contribution in [1.29, 1.82) is 0 Å². The second-order valence-corrected chi connectivity index (χ2v) is 3.95. The number of aromatic nitrogens is 3. The van der Waals surface area contributed by atoms with Gasteiger partial charge in [0.25, 0.3) is 0 Å². The quantitative estimate of drug-likeness (QED) is 0.890. The fraction of sp³-hybridized carbons (Fsp3) is 0.308. The van der Waals surface area contributed by atoms with Gasteiger partial charge < -0.3 is 19.7 Å². The zero-order chi connectivity index (χ0) is 14.5. The molecule has 0 unspecified atom stereocenters. The number of hydrogen-bond donors (Lipinski definition) is 1. The van der Waals surface area contributed by atoms with Gasteiger partial charge in [0.05, 0.1) is 14.2 Å². The van der Waals surface area contributed by atoms with E-state index >= 15 is 0 Å². The number of methoxy groups -OCH3 is 2. The first-order chi connectivity index (χ1) is 9.67. The van der Waals surface area contributed by atoms with Crippen molar-refractivity contribution >= 4 is 17.6 Å². The summed E-state index contributed by atoms with van der Waals surface area (Å²) in [7, 11) is 6.77. The molecule has 0 fully saturated rings. The van der Waals surface area contributed by atoms with Crippen LogP contribution in [-0.4, -0.2) is 43.3 Å². The van der Waals surface area contributed by atoms with E-state index in [1.165, 1.54) is 7.11 Å². The van der Waals surface area contributed by atoms with Gasteiger partial charge in [-0.3, -0.25) is 0 Å². The van der Waals surface area contributed by atoms with Crippen LogP contribution in [0.5, 0.6) is 11.8 Å². The van der Waals surface area contributed by atoms with Crippen LogP contribution in [0.15, 0.2) is 24.3 Å². The summed E-state index contributed by atoms with van der Waals surface area (Å²) < 4.78 is 10.2. The fourth-order valence-electron chi connectivity index (χ4n) is 1.62. The largest absolute Gasteiger partial charge is 0.497 e. The Morgan fingerprint density at radius 2 is 1.70 bits per heavy atom. The molecule has 7 nitrogen and oxygen atoms in total. The lowest BCUT2D eigenvalue weighted by atomic mass is 10.3. The standard InChI is InChI=1S/C13H17N5O2/c1-14-11-15-12(17-13(16-11)20-4)18(2)9-5-7-10(19-3)8-6-9/h5-8H,1-4H3,(H,14,15,16,17). The summed E-state index contributed by atoms with van der Waals surface area (Å²) in [6.45, 7) is 0. The van der Waals surface area contributed by atoms with Gasteiger partial charge in [-0.15, -0.1) is 0 Å². The van der Waals surface area contributed by atoms with Crippen LogP contribution in [0.2, 0.25) is 0 Å². The molecule has 1 aromatic carbocycles. The lowest BCUT2D eigenvalue weighted by molar-refractivity contribution is 0.379. The molecule has 1 aromatic heterocycles. The predicted octanol–water partition coefficient (Wildman–Crippen LogP) is 1.70. The first-order valence-corrected chi connectivity index (χ1v) is 6.03. The van der Waals surface area contributed by atoms with E-state index in [0.717, 1.165) is 11.4 Å². The molecular formula is C13H17N5O2. The zero-order valence-electron chi connectivity index (χ0n) is 11.9. The maximum absolute atomic E-state index is 5.14. The molecule has 0 saturated heterocycles. The minimum absolute atomic E-state index is 0.264. The Balaban J connectivity index is 2.33. The van der Waals surface area contributed by atoms with Crippen molar-refractivity contribution in [2.45, 2.75) is 0 Å². The minimum Gasteiger partial charge on any atom is -0.497 e. The van der Waals surface area contributed by atoms with Gasteiger partial charge in [0.1, 0.15) is 5.75 Å². The second-order valence-electron chi connectivity index (χ2n) is 3.95. The number of nitrogens with zero attached hydrogens (tertiary/aromatic N) is 4. The van der Waals surface area contributed by atoms with Gasteiger partial charge in [-0.2, -0.15) is 15.0 Å². The van der Waals surface area contributed by atoms with Crippen molar-refractivity contribution in [2.75, 3.05) is 38.5 Å². The van der Waals surface area contributed by atoms with E-state index < -0.39 is 0 Å². The Labute approximate surface area is 117 Å². The number of benzene rings is 1. The van der Waals surface area contributed by atoms with Crippen LogP contribution >= 0.6 is 0 Å². The molecule has 0 amide bonds. The van der Waals surface area contributed by atoms with Crippen molar-refractivity contribution < 1.29 is 9.47 Å². The summed E-state index contributed by atoms with van der Waals surface area (Å²) in [5.41, 5.74) is 0.932. The maximum Gasteiger partial charge on any atom is 0.322 e. The molecule has 20 heavy (non-hydrogen) atoms. The first kappa shape index (κ1) is 13.9. The zero-order valence-corrected chi connectivity index (χ0v) is 11.9. The normalized spacial score (nSPS) is 10.0. The van der Waals surface area contributed by atoms with Crippen molar-refractivity contribution in [2.24, 2.45) is 0 Å². The molecule has 0 saturated carbocycles. The second kappa shape index (κ2) is 6.05. The van der Waals surface area contributed by atoms with Crippen LogP contribution in [0.4, 0.5) is 17.6 Å². The Bertz CT molecular complexity index is 551. The van der Waals surface area contributed by atoms with E-state index in [0.29, 0.717) is 11.9 Å². The van der Waals surface area contributed by atoms with Crippen molar-refractivity contribution in [3.05, 3.63) is 24.3 Å². The Kier molecular flexibility index (Phi) is 4.19. The average molecular weight is 275 g/mol. The van der Waals surface area contributed by atoms with Crippen LogP contribution < -0.4 is 19.7 Å². The average Bonchev–Trinajstić information content (AvgIpc) is 2.53. The topological polar surface area (TPSA) is 72.4 Å². The predicted molar refractivity (Wildman–Crippen MR) is 77.0 cm³/mol. The van der Waals surface area contributed by atoms with E-state index in [1.807, 2.05) is 36.2 Å². The Hall–Kier alpha value is -2.57. The van der Waals surface area contributed by atoms with Crippen LogP contribution in [0.25, 0.3) is 0 Å². The van der Waals surface area contributed by atoms with Gasteiger partial charge in [-0.05, 0) is 24.3 Å². The Morgan fingerprint density at radius 1 is 1.00 bits per heavy atom. The first-order valence-electron chi connectivity index (χ1n) is 6.03. The third-order valence-electron chi connectivity index (χ3n) is 2.77. The van der Waals surface area contributed by atoms with Crippen LogP contribution in [0, 0.1) is 0 Å². The van der Waals surface area contributed by atoms with Crippen molar-refractivity contribution in [3.8, 4) is 11.8 Å². The minimum atomic E-state index is 0.264. The maximum atomic E-state index is 5.14. The lowest BCUT2D eigenvalue weighted by Gasteiger charge is -2.18. The van der Waals surface area contributed by atoms with Gasteiger partial charge >= 0.3 is 6.01 Å². The van der Waals surface area contributed by atoms with Gasteiger partial charge in [0, 0.05) is 19.8 Å². The number of nitrogens with one attached hydrogen (secondary N) is 1. The highest BCUT2D eigenvalue weighted by atomic mass is 16.5. The summed E-state index contributed by atoms with van der Waals surface area (Å²) in [6.07, 6.45) is 0. The summed E-state index contributed by atoms with van der Waals surface area (Å²) in [5.74, 6) is 1.74. The molecule has 0 spiro atoms. The van der Waals surface area contributed by atoms with Gasteiger partial charge in [0.15, 0.2) is 0 Å². The van der Waals surface area contributed by atoms with Crippen LogP contribution in [-0.2, 0) is 0 Å². The summed E-state index contributed by atoms with van der Waals surface area (Å²) in [5, 5.41) is 2.88. The number of anilines is 3. The van der Waals surface area contributed by atoms with E-state index in [2.05, 4.69) is 20.3 Å². The molecule has 0 atom stereocenters. The van der Waals surface area contributed by atoms with Gasteiger partial charge in [-0.25, -0.2) is 0 Å². The number of ether oxygens (including phenoxy) is 2. The molecule has 0 aliphatic rings. The summed E-state index contributed by atoms with van der Waals surface area (Å²) in [6, 6.07) is 7.87. The molecule has 1 N–H and O–H groups in total. The molecule has 7 heteroatoms. The summed E-state index contributed by atoms with van der Waals surface area (Å²) >= 11 is 0. The molecule has 2 rings (SSSR count). The molecule has 1 heterocycles. The van der Waals surface area contributed by atoms with Crippen molar-refractivity contribution in [1.82, 2.24) is 15.0 Å². The molecule has 106 valence electrons. The van der Waals surface area contributed by atoms with Gasteiger partial charge in [-0.1, -0.05) is 0 Å². The highest BCUT2D eigenvalue weighted by Gasteiger charge is 2.11. The SMILES string of the molecule is CNc1nc(OC)nc(N(C)c2ccc(OC)cc2)n1. The smallest absolute Gasteiger partial charge is 0.322 e. The number of hydrogen-bond acceptors (Lipinski definition) is 7. The molecule has 0 aliphatic carbocycles. The molecule has 2 aromatic rings. The van der Waals surface area contributed by atoms with E-state index in [1.54, 1.807) is 14.2 Å². The van der Waals surface area contributed by atoms with Gasteiger partial charge in [0.2, 0.25) is 11.9 Å². The van der Waals surface area contributed by atoms with Crippen molar-refractivity contribution in [3.63, 3.8) is 0 Å². The third-order valence-corrected chi connectivity index (χ3v) is 2.77. The number of rotatable bonds is 5.